The van der Waals surface area contributed by atoms with E-state index in [0.717, 1.165) is 63.8 Å². The number of carbonyl (C=O) groups excluding carboxylic acids is 1. The molecule has 30 heavy (non-hydrogen) atoms. The molecule has 0 unspecified atom stereocenters. The van der Waals surface area contributed by atoms with Crippen LogP contribution in [-0.4, -0.2) is 61.3 Å². The Bertz CT molecular complexity index is 785. The van der Waals surface area contributed by atoms with Crippen molar-refractivity contribution in [3.05, 3.63) is 52.2 Å². The maximum absolute atomic E-state index is 12.8. The summed E-state index contributed by atoms with van der Waals surface area (Å²) in [5, 5.41) is 15.3. The summed E-state index contributed by atoms with van der Waals surface area (Å²) in [4.78, 5) is 18.6. The molecule has 2 aliphatic rings. The second-order valence-electron chi connectivity index (χ2n) is 8.53. The van der Waals surface area contributed by atoms with Crippen LogP contribution in [0.3, 0.4) is 0 Å². The van der Waals surface area contributed by atoms with E-state index in [9.17, 15) is 9.90 Å². The summed E-state index contributed by atoms with van der Waals surface area (Å²) in [5.41, 5.74) is 1.96. The Morgan fingerprint density at radius 3 is 2.60 bits per heavy atom. The number of anilines is 1. The number of benzene rings is 1. The predicted octanol–water partition coefficient (Wildman–Crippen LogP) is 3.39. The summed E-state index contributed by atoms with van der Waals surface area (Å²) in [6.45, 7) is 4.79. The van der Waals surface area contributed by atoms with Crippen LogP contribution in [0.4, 0.5) is 5.69 Å². The highest BCUT2D eigenvalue weighted by Gasteiger charge is 2.24. The topological polar surface area (TPSA) is 55.8 Å². The van der Waals surface area contributed by atoms with Crippen molar-refractivity contribution in [3.63, 3.8) is 0 Å². The van der Waals surface area contributed by atoms with Crippen LogP contribution in [0.5, 0.6) is 0 Å². The third-order valence-electron chi connectivity index (χ3n) is 6.42. The van der Waals surface area contributed by atoms with Gasteiger partial charge in [-0.1, -0.05) is 6.07 Å². The average molecular weight is 428 g/mol. The van der Waals surface area contributed by atoms with Crippen LogP contribution in [0.25, 0.3) is 0 Å². The molecule has 1 amide bonds. The maximum atomic E-state index is 12.8. The molecule has 1 aromatic carbocycles. The normalized spacial score (nSPS) is 20.5. The number of rotatable bonds is 7. The van der Waals surface area contributed by atoms with Crippen molar-refractivity contribution < 1.29 is 9.90 Å². The highest BCUT2D eigenvalue weighted by atomic mass is 32.1. The number of thiophene rings is 1. The van der Waals surface area contributed by atoms with Gasteiger partial charge in [0.25, 0.3) is 5.91 Å². The lowest BCUT2D eigenvalue weighted by Gasteiger charge is -2.34. The molecule has 0 bridgehead atoms. The lowest BCUT2D eigenvalue weighted by Crippen LogP contribution is -2.43. The van der Waals surface area contributed by atoms with Crippen molar-refractivity contribution in [1.82, 2.24) is 10.2 Å². The number of nitrogens with zero attached hydrogens (tertiary/aromatic N) is 2. The van der Waals surface area contributed by atoms with Gasteiger partial charge in [0.15, 0.2) is 0 Å². The molecule has 2 aromatic rings. The molecule has 4 rings (SSSR count). The first-order valence-corrected chi connectivity index (χ1v) is 12.1. The zero-order valence-electron chi connectivity index (χ0n) is 17.6. The molecule has 2 aliphatic heterocycles. The van der Waals surface area contributed by atoms with Gasteiger partial charge in [0.05, 0.1) is 0 Å². The molecule has 5 nitrogen and oxygen atoms in total. The Balaban J connectivity index is 1.24. The predicted molar refractivity (Wildman–Crippen MR) is 123 cm³/mol. The zero-order chi connectivity index (χ0) is 20.8. The maximum Gasteiger partial charge on any atom is 0.253 e. The van der Waals surface area contributed by atoms with E-state index in [1.807, 2.05) is 28.4 Å². The minimum absolute atomic E-state index is 0.0911. The Kier molecular flexibility index (Phi) is 7.42. The second-order valence-corrected chi connectivity index (χ2v) is 9.57. The van der Waals surface area contributed by atoms with Gasteiger partial charge >= 0.3 is 0 Å². The number of amides is 1. The molecule has 2 N–H and O–H groups in total. The zero-order valence-corrected chi connectivity index (χ0v) is 18.4. The fourth-order valence-corrected chi connectivity index (χ4v) is 5.30. The molecule has 2 saturated heterocycles. The van der Waals surface area contributed by atoms with Crippen LogP contribution >= 0.6 is 11.3 Å². The van der Waals surface area contributed by atoms with Gasteiger partial charge in [-0.05, 0) is 73.7 Å². The number of hydrogen-bond donors (Lipinski definition) is 2. The van der Waals surface area contributed by atoms with Crippen LogP contribution in [0.2, 0.25) is 0 Å². The Morgan fingerprint density at radius 1 is 1.10 bits per heavy atom. The lowest BCUT2D eigenvalue weighted by atomic mass is 9.98. The second kappa shape index (κ2) is 10.4. The van der Waals surface area contributed by atoms with Crippen molar-refractivity contribution in [3.8, 4) is 0 Å². The van der Waals surface area contributed by atoms with Gasteiger partial charge in [-0.2, -0.15) is 0 Å². The van der Waals surface area contributed by atoms with Gasteiger partial charge < -0.3 is 20.2 Å². The van der Waals surface area contributed by atoms with E-state index < -0.39 is 0 Å². The number of nitrogens with one attached hydrogen (secondary N) is 1. The summed E-state index contributed by atoms with van der Waals surface area (Å²) in [5.74, 6) is 0.315. The molecule has 6 heteroatoms. The molecule has 0 radical (unpaired) electrons. The fourth-order valence-electron chi connectivity index (χ4n) is 4.59. The third-order valence-corrected chi connectivity index (χ3v) is 7.36. The van der Waals surface area contributed by atoms with Gasteiger partial charge in [0.2, 0.25) is 0 Å². The Labute approximate surface area is 183 Å². The number of hydrogen-bond acceptors (Lipinski definition) is 5. The van der Waals surface area contributed by atoms with E-state index in [1.54, 1.807) is 0 Å². The Morgan fingerprint density at radius 2 is 1.90 bits per heavy atom. The smallest absolute Gasteiger partial charge is 0.253 e. The number of likely N-dealkylation sites (tertiary alicyclic amines) is 1. The first-order chi connectivity index (χ1) is 14.7. The van der Waals surface area contributed by atoms with Crippen LogP contribution in [0.1, 0.15) is 40.9 Å². The number of carbonyl (C=O) groups is 1. The van der Waals surface area contributed by atoms with Crippen LogP contribution in [0.15, 0.2) is 41.8 Å². The summed E-state index contributed by atoms with van der Waals surface area (Å²) in [7, 11) is 0. The van der Waals surface area contributed by atoms with E-state index in [1.165, 1.54) is 10.6 Å². The summed E-state index contributed by atoms with van der Waals surface area (Å²) in [6, 6.07) is 13.0. The number of aliphatic hydroxyl groups excluding tert-OH is 1. The van der Waals surface area contributed by atoms with Crippen LogP contribution in [0, 0.1) is 5.92 Å². The molecule has 162 valence electrons. The molecule has 0 aliphatic carbocycles. The minimum atomic E-state index is 0.0911. The monoisotopic (exact) mass is 427 g/mol. The van der Waals surface area contributed by atoms with E-state index in [2.05, 4.69) is 39.9 Å². The molecule has 2 fully saturated rings. The van der Waals surface area contributed by atoms with Gasteiger partial charge in [0.1, 0.15) is 0 Å². The molecular weight excluding hydrogens is 394 g/mol. The SMILES string of the molecule is O=C(c1ccc(N2CCC(NCCc3cccs3)CC2)cc1)N1CCC[C@@H](CO)C1. The standard InChI is InChI=1S/C24H33N3O2S/c28-18-19-3-1-13-27(17-19)24(29)20-5-7-22(8-6-20)26-14-10-21(11-15-26)25-12-9-23-4-2-16-30-23/h2,4-8,16,19,21,25,28H,1,3,9-15,17-18H2/t19-/m1/s1. The van der Waals surface area contributed by atoms with E-state index in [4.69, 9.17) is 0 Å². The van der Waals surface area contributed by atoms with Crippen molar-refractivity contribution in [2.45, 2.75) is 38.1 Å². The molecule has 1 aromatic heterocycles. The first kappa shape index (κ1) is 21.3. The molecule has 3 heterocycles. The minimum Gasteiger partial charge on any atom is -0.396 e. The Hall–Kier alpha value is -1.89. The number of piperidine rings is 2. The highest BCUT2D eigenvalue weighted by molar-refractivity contribution is 7.09. The summed E-state index contributed by atoms with van der Waals surface area (Å²) >= 11 is 1.83. The fraction of sp³-hybridized carbons (Fsp3) is 0.542. The third kappa shape index (κ3) is 5.42. The van der Waals surface area contributed by atoms with E-state index >= 15 is 0 Å². The van der Waals surface area contributed by atoms with E-state index in [0.29, 0.717) is 12.6 Å². The van der Waals surface area contributed by atoms with Crippen molar-refractivity contribution in [2.24, 2.45) is 5.92 Å². The van der Waals surface area contributed by atoms with Gasteiger partial charge in [-0.3, -0.25) is 4.79 Å². The van der Waals surface area contributed by atoms with E-state index in [-0.39, 0.29) is 18.4 Å². The molecule has 0 spiro atoms. The van der Waals surface area contributed by atoms with Crippen molar-refractivity contribution in [1.29, 1.82) is 0 Å². The van der Waals surface area contributed by atoms with Gasteiger partial charge in [0, 0.05) is 61.5 Å². The van der Waals surface area contributed by atoms with Gasteiger partial charge in [-0.25, -0.2) is 0 Å². The first-order valence-electron chi connectivity index (χ1n) is 11.2. The van der Waals surface area contributed by atoms with Crippen LogP contribution < -0.4 is 10.2 Å². The largest absolute Gasteiger partial charge is 0.396 e. The summed E-state index contributed by atoms with van der Waals surface area (Å²) in [6.07, 6.45) is 5.41. The molecule has 0 saturated carbocycles. The highest BCUT2D eigenvalue weighted by Crippen LogP contribution is 2.23. The lowest BCUT2D eigenvalue weighted by molar-refractivity contribution is 0.0620. The van der Waals surface area contributed by atoms with Crippen molar-refractivity contribution >= 4 is 22.9 Å². The number of aliphatic hydroxyl groups is 1. The molecule has 1 atom stereocenters. The molecular formula is C24H33N3O2S. The summed E-state index contributed by atoms with van der Waals surface area (Å²) < 4.78 is 0. The van der Waals surface area contributed by atoms with Crippen molar-refractivity contribution in [2.75, 3.05) is 44.2 Å². The van der Waals surface area contributed by atoms with Gasteiger partial charge in [-0.15, -0.1) is 11.3 Å². The average Bonchev–Trinajstić information content (AvgIpc) is 3.33. The quantitative estimate of drug-likeness (QED) is 0.711. The van der Waals surface area contributed by atoms with Crippen LogP contribution in [-0.2, 0) is 6.42 Å².